The number of nitrogens with one attached hydrogen (secondary N) is 1. The zero-order valence-electron chi connectivity index (χ0n) is 13.5. The summed E-state index contributed by atoms with van der Waals surface area (Å²) in [4.78, 5) is 16.3. The molecular formula is C19H22N2O3. The molecule has 5 nitrogen and oxygen atoms in total. The number of ether oxygens (including phenoxy) is 1. The molecular weight excluding hydrogens is 304 g/mol. The Morgan fingerprint density at radius 3 is 2.75 bits per heavy atom. The van der Waals surface area contributed by atoms with E-state index >= 15 is 0 Å². The van der Waals surface area contributed by atoms with Crippen LogP contribution in [-0.4, -0.2) is 22.1 Å². The van der Waals surface area contributed by atoms with Crippen LogP contribution in [0.2, 0.25) is 0 Å². The van der Waals surface area contributed by atoms with Crippen molar-refractivity contribution >= 4 is 5.91 Å². The number of amides is 1. The number of carbonyl (C=O) groups is 1. The van der Waals surface area contributed by atoms with Crippen molar-refractivity contribution in [3.05, 3.63) is 59.8 Å². The molecule has 1 saturated carbocycles. The summed E-state index contributed by atoms with van der Waals surface area (Å²) in [7, 11) is 0. The van der Waals surface area contributed by atoms with E-state index in [1.165, 1.54) is 12.8 Å². The first kappa shape index (κ1) is 16.5. The number of aliphatic hydroxyl groups excluding tert-OH is 1. The zero-order chi connectivity index (χ0) is 16.8. The number of aliphatic hydroxyl groups is 1. The molecule has 0 aliphatic heterocycles. The summed E-state index contributed by atoms with van der Waals surface area (Å²) in [6.45, 7) is 0.326. The summed E-state index contributed by atoms with van der Waals surface area (Å²) in [5.74, 6) is 0.175. The third-order valence-corrected chi connectivity index (χ3v) is 4.22. The molecule has 0 bridgehead atoms. The molecule has 3 rings (SSSR count). The number of aromatic nitrogens is 1. The quantitative estimate of drug-likeness (QED) is 0.856. The highest BCUT2D eigenvalue weighted by Crippen LogP contribution is 2.23. The van der Waals surface area contributed by atoms with Gasteiger partial charge in [0.2, 0.25) is 5.88 Å². The van der Waals surface area contributed by atoms with Gasteiger partial charge in [-0.1, -0.05) is 30.3 Å². The Hall–Kier alpha value is -2.40. The van der Waals surface area contributed by atoms with Crippen LogP contribution < -0.4 is 10.1 Å². The molecule has 2 aromatic rings. The van der Waals surface area contributed by atoms with Crippen LogP contribution in [-0.2, 0) is 11.3 Å². The van der Waals surface area contributed by atoms with Crippen LogP contribution in [0.5, 0.6) is 5.88 Å². The molecule has 24 heavy (non-hydrogen) atoms. The molecule has 1 aromatic carbocycles. The summed E-state index contributed by atoms with van der Waals surface area (Å²) in [5.41, 5.74) is 1.47. The van der Waals surface area contributed by atoms with Crippen molar-refractivity contribution in [2.45, 2.75) is 44.4 Å². The van der Waals surface area contributed by atoms with Crippen LogP contribution in [0, 0.1) is 0 Å². The average Bonchev–Trinajstić information content (AvgIpc) is 3.13. The number of hydrogen-bond acceptors (Lipinski definition) is 4. The normalized spacial score (nSPS) is 15.9. The SMILES string of the molecule is O=C(NCc1ccnc(OC2CCCC2)c1)C(O)c1ccccc1. The van der Waals surface area contributed by atoms with Crippen LogP contribution in [0.15, 0.2) is 48.7 Å². The Balaban J connectivity index is 1.55. The van der Waals surface area contributed by atoms with Gasteiger partial charge in [0, 0.05) is 18.8 Å². The first-order valence-electron chi connectivity index (χ1n) is 8.34. The fourth-order valence-corrected chi connectivity index (χ4v) is 2.87. The summed E-state index contributed by atoms with van der Waals surface area (Å²) >= 11 is 0. The van der Waals surface area contributed by atoms with E-state index in [0.717, 1.165) is 18.4 Å². The Labute approximate surface area is 141 Å². The van der Waals surface area contributed by atoms with Gasteiger partial charge in [-0.2, -0.15) is 0 Å². The Kier molecular flexibility index (Phi) is 5.43. The fourth-order valence-electron chi connectivity index (χ4n) is 2.87. The van der Waals surface area contributed by atoms with Crippen molar-refractivity contribution in [3.8, 4) is 5.88 Å². The fraction of sp³-hybridized carbons (Fsp3) is 0.368. The third-order valence-electron chi connectivity index (χ3n) is 4.22. The molecule has 0 radical (unpaired) electrons. The largest absolute Gasteiger partial charge is 0.474 e. The van der Waals surface area contributed by atoms with Gasteiger partial charge in [-0.15, -0.1) is 0 Å². The second kappa shape index (κ2) is 7.93. The summed E-state index contributed by atoms with van der Waals surface area (Å²) in [6.07, 6.45) is 5.33. The maximum Gasteiger partial charge on any atom is 0.253 e. The molecule has 5 heteroatoms. The van der Waals surface area contributed by atoms with E-state index in [0.29, 0.717) is 18.0 Å². The number of nitrogens with zero attached hydrogens (tertiary/aromatic N) is 1. The van der Waals surface area contributed by atoms with Crippen LogP contribution in [0.3, 0.4) is 0 Å². The number of carbonyl (C=O) groups excluding carboxylic acids is 1. The van der Waals surface area contributed by atoms with Crippen LogP contribution >= 0.6 is 0 Å². The van der Waals surface area contributed by atoms with E-state index in [1.807, 2.05) is 18.2 Å². The van der Waals surface area contributed by atoms with E-state index in [2.05, 4.69) is 10.3 Å². The molecule has 1 amide bonds. The molecule has 1 heterocycles. The minimum atomic E-state index is -1.16. The Morgan fingerprint density at radius 1 is 1.25 bits per heavy atom. The predicted octanol–water partition coefficient (Wildman–Crippen LogP) is 2.75. The molecule has 1 aliphatic rings. The summed E-state index contributed by atoms with van der Waals surface area (Å²) < 4.78 is 5.87. The molecule has 2 N–H and O–H groups in total. The number of pyridine rings is 1. The standard InChI is InChI=1S/C19H22N2O3/c22-18(15-6-2-1-3-7-15)19(23)21-13-14-10-11-20-17(12-14)24-16-8-4-5-9-16/h1-3,6-7,10-12,16,18,22H,4-5,8-9,13H2,(H,21,23). The van der Waals surface area contributed by atoms with Crippen molar-refractivity contribution in [1.82, 2.24) is 10.3 Å². The predicted molar refractivity (Wildman–Crippen MR) is 90.4 cm³/mol. The molecule has 1 aromatic heterocycles. The van der Waals surface area contributed by atoms with Crippen molar-refractivity contribution in [2.75, 3.05) is 0 Å². The number of hydrogen-bond donors (Lipinski definition) is 2. The van der Waals surface area contributed by atoms with Gasteiger partial charge in [-0.3, -0.25) is 4.79 Å². The van der Waals surface area contributed by atoms with Crippen molar-refractivity contribution in [3.63, 3.8) is 0 Å². The zero-order valence-corrected chi connectivity index (χ0v) is 13.5. The molecule has 1 atom stereocenters. The lowest BCUT2D eigenvalue weighted by molar-refractivity contribution is -0.129. The first-order valence-corrected chi connectivity index (χ1v) is 8.34. The second-order valence-corrected chi connectivity index (χ2v) is 6.06. The third kappa shape index (κ3) is 4.32. The smallest absolute Gasteiger partial charge is 0.253 e. The van der Waals surface area contributed by atoms with E-state index in [-0.39, 0.29) is 6.10 Å². The van der Waals surface area contributed by atoms with E-state index in [4.69, 9.17) is 4.74 Å². The van der Waals surface area contributed by atoms with Gasteiger partial charge in [0.15, 0.2) is 6.10 Å². The van der Waals surface area contributed by atoms with Crippen molar-refractivity contribution in [2.24, 2.45) is 0 Å². The van der Waals surface area contributed by atoms with Crippen LogP contribution in [0.1, 0.15) is 42.9 Å². The molecule has 1 aliphatic carbocycles. The maximum atomic E-state index is 12.1. The van der Waals surface area contributed by atoms with Crippen LogP contribution in [0.4, 0.5) is 0 Å². The van der Waals surface area contributed by atoms with E-state index in [1.54, 1.807) is 30.5 Å². The topological polar surface area (TPSA) is 71.5 Å². The van der Waals surface area contributed by atoms with Gasteiger partial charge in [0.1, 0.15) is 6.10 Å². The summed E-state index contributed by atoms with van der Waals surface area (Å²) in [5, 5.41) is 12.8. The highest BCUT2D eigenvalue weighted by atomic mass is 16.5. The molecule has 126 valence electrons. The van der Waals surface area contributed by atoms with Gasteiger partial charge in [0.05, 0.1) is 0 Å². The summed E-state index contributed by atoms with van der Waals surface area (Å²) in [6, 6.07) is 12.6. The second-order valence-electron chi connectivity index (χ2n) is 6.06. The number of benzene rings is 1. The molecule has 0 saturated heterocycles. The van der Waals surface area contributed by atoms with Crippen LogP contribution in [0.25, 0.3) is 0 Å². The Bertz CT molecular complexity index is 669. The minimum Gasteiger partial charge on any atom is -0.474 e. The van der Waals surface area contributed by atoms with Gasteiger partial charge in [-0.05, 0) is 42.9 Å². The molecule has 1 unspecified atom stereocenters. The lowest BCUT2D eigenvalue weighted by Crippen LogP contribution is -2.28. The minimum absolute atomic E-state index is 0.252. The highest BCUT2D eigenvalue weighted by molar-refractivity contribution is 5.81. The monoisotopic (exact) mass is 326 g/mol. The van der Waals surface area contributed by atoms with Crippen molar-refractivity contribution in [1.29, 1.82) is 0 Å². The van der Waals surface area contributed by atoms with E-state index < -0.39 is 12.0 Å². The lowest BCUT2D eigenvalue weighted by Gasteiger charge is -2.14. The van der Waals surface area contributed by atoms with E-state index in [9.17, 15) is 9.90 Å². The average molecular weight is 326 g/mol. The molecule has 1 fully saturated rings. The van der Waals surface area contributed by atoms with Gasteiger partial charge < -0.3 is 15.2 Å². The van der Waals surface area contributed by atoms with Gasteiger partial charge in [-0.25, -0.2) is 4.98 Å². The van der Waals surface area contributed by atoms with Gasteiger partial charge in [0.25, 0.3) is 5.91 Å². The Morgan fingerprint density at radius 2 is 2.00 bits per heavy atom. The number of rotatable bonds is 6. The van der Waals surface area contributed by atoms with Crippen molar-refractivity contribution < 1.29 is 14.6 Å². The highest BCUT2D eigenvalue weighted by Gasteiger charge is 2.18. The first-order chi connectivity index (χ1) is 11.7. The van der Waals surface area contributed by atoms with Gasteiger partial charge >= 0.3 is 0 Å². The molecule has 0 spiro atoms. The maximum absolute atomic E-state index is 12.1. The lowest BCUT2D eigenvalue weighted by atomic mass is 10.1.